The Balaban J connectivity index is 0.00000867. The molecule has 7 nitrogen and oxygen atoms in total. The van der Waals surface area contributed by atoms with Gasteiger partial charge < -0.3 is 38.2 Å². The summed E-state index contributed by atoms with van der Waals surface area (Å²) >= 11 is 0. The summed E-state index contributed by atoms with van der Waals surface area (Å²) in [7, 11) is 1.51. The van der Waals surface area contributed by atoms with Crippen LogP contribution in [0.2, 0.25) is 0 Å². The van der Waals surface area contributed by atoms with Gasteiger partial charge in [-0.05, 0) is 54.2 Å². The molecule has 2 aromatic carbocycles. The maximum atomic E-state index is 13.8. The Hall–Kier alpha value is -3.14. The maximum Gasteiger partial charge on any atom is 0.417 e. The molecule has 0 saturated carbocycles. The van der Waals surface area contributed by atoms with Crippen molar-refractivity contribution in [2.75, 3.05) is 13.7 Å². The minimum Gasteiger partial charge on any atom is -1.00 e. The van der Waals surface area contributed by atoms with Crippen LogP contribution in [0.1, 0.15) is 139 Å². The molecule has 0 N–H and O–H groups in total. The minimum atomic E-state index is -0.716. The number of aromatic nitrogens is 1. The van der Waals surface area contributed by atoms with E-state index in [2.05, 4.69) is 33.8 Å². The fraction of sp³-hybridized carbons (Fsp3) is 0.548. The predicted molar refractivity (Wildman–Crippen MR) is 197 cm³/mol. The molecule has 0 unspecified atom stereocenters. The van der Waals surface area contributed by atoms with Gasteiger partial charge in [0.05, 0.1) is 19.3 Å². The van der Waals surface area contributed by atoms with Crippen molar-refractivity contribution < 1.29 is 52.3 Å². The molecule has 0 radical (unpaired) electrons. The summed E-state index contributed by atoms with van der Waals surface area (Å²) in [4.78, 5) is 28.6. The summed E-state index contributed by atoms with van der Waals surface area (Å²) < 4.78 is 19.5. The highest BCUT2D eigenvalue weighted by atomic mass is 127. The van der Waals surface area contributed by atoms with Crippen molar-refractivity contribution in [2.24, 2.45) is 0 Å². The van der Waals surface area contributed by atoms with Crippen LogP contribution < -0.4 is 38.0 Å². The van der Waals surface area contributed by atoms with Crippen molar-refractivity contribution in [1.82, 2.24) is 4.90 Å². The summed E-state index contributed by atoms with van der Waals surface area (Å²) in [5.74, 6) is 0.786. The second kappa shape index (κ2) is 23.4. The third-order valence-corrected chi connectivity index (χ3v) is 8.97. The maximum absolute atomic E-state index is 13.8. The van der Waals surface area contributed by atoms with E-state index in [1.807, 2.05) is 48.0 Å². The number of unbranched alkanes of at least 4 members (excludes halogenated alkanes) is 11. The van der Waals surface area contributed by atoms with Crippen molar-refractivity contribution in [3.8, 4) is 11.5 Å². The second-order valence-corrected chi connectivity index (χ2v) is 13.9. The number of hydrogen-bond acceptors (Lipinski definition) is 5. The van der Waals surface area contributed by atoms with Crippen LogP contribution in [0.4, 0.5) is 4.79 Å². The van der Waals surface area contributed by atoms with Crippen molar-refractivity contribution in [3.05, 3.63) is 89.2 Å². The molecule has 0 aliphatic heterocycles. The van der Waals surface area contributed by atoms with Crippen LogP contribution in [-0.2, 0) is 29.8 Å². The lowest BCUT2D eigenvalue weighted by molar-refractivity contribution is -0.701. The summed E-state index contributed by atoms with van der Waals surface area (Å²) in [6.07, 6.45) is 17.0. The molecule has 50 heavy (non-hydrogen) atoms. The third-order valence-electron chi connectivity index (χ3n) is 8.97. The van der Waals surface area contributed by atoms with E-state index >= 15 is 0 Å². The summed E-state index contributed by atoms with van der Waals surface area (Å²) in [5, 5.41) is 0. The van der Waals surface area contributed by atoms with Crippen LogP contribution in [-0.4, -0.2) is 30.6 Å². The Morgan fingerprint density at radius 1 is 0.760 bits per heavy atom. The molecular weight excluding hydrogens is 739 g/mol. The number of nitrogens with zero attached hydrogens (tertiary/aromatic N) is 2. The number of amides is 2. The number of benzene rings is 2. The number of pyridine rings is 1. The van der Waals surface area contributed by atoms with Crippen molar-refractivity contribution in [1.29, 1.82) is 0 Å². The molecule has 276 valence electrons. The molecule has 0 atom stereocenters. The highest BCUT2D eigenvalue weighted by Crippen LogP contribution is 2.33. The van der Waals surface area contributed by atoms with Gasteiger partial charge in [-0.25, -0.2) is 14.3 Å². The second-order valence-electron chi connectivity index (χ2n) is 13.9. The molecule has 0 aliphatic carbocycles. The Labute approximate surface area is 319 Å². The van der Waals surface area contributed by atoms with Crippen molar-refractivity contribution in [3.63, 3.8) is 0 Å². The first-order valence-electron chi connectivity index (χ1n) is 18.5. The lowest BCUT2D eigenvalue weighted by Gasteiger charge is -2.24. The van der Waals surface area contributed by atoms with E-state index in [9.17, 15) is 9.59 Å². The lowest BCUT2D eigenvalue weighted by atomic mass is 9.85. The van der Waals surface area contributed by atoms with Gasteiger partial charge >= 0.3 is 6.09 Å². The number of methoxy groups -OCH3 is 1. The van der Waals surface area contributed by atoms with E-state index in [4.69, 9.17) is 14.2 Å². The van der Waals surface area contributed by atoms with Gasteiger partial charge in [-0.3, -0.25) is 4.79 Å². The van der Waals surface area contributed by atoms with Crippen LogP contribution in [0.5, 0.6) is 11.5 Å². The van der Waals surface area contributed by atoms with Crippen LogP contribution >= 0.6 is 0 Å². The molecule has 3 aromatic rings. The predicted octanol–water partition coefficient (Wildman–Crippen LogP) is 7.36. The molecule has 8 heteroatoms. The zero-order chi connectivity index (χ0) is 35.5. The van der Waals surface area contributed by atoms with Crippen molar-refractivity contribution >= 4 is 12.0 Å². The van der Waals surface area contributed by atoms with E-state index in [0.717, 1.165) is 33.9 Å². The van der Waals surface area contributed by atoms with Gasteiger partial charge in [0.2, 0.25) is 5.69 Å². The molecule has 1 heterocycles. The number of halogens is 1. The zero-order valence-corrected chi connectivity index (χ0v) is 33.6. The summed E-state index contributed by atoms with van der Waals surface area (Å²) in [6.45, 7) is 12.2. The number of rotatable bonds is 21. The van der Waals surface area contributed by atoms with E-state index in [1.54, 1.807) is 24.3 Å². The Morgan fingerprint density at radius 3 is 2.00 bits per heavy atom. The fourth-order valence-electron chi connectivity index (χ4n) is 6.04. The van der Waals surface area contributed by atoms with Gasteiger partial charge in [0, 0.05) is 12.1 Å². The van der Waals surface area contributed by atoms with Gasteiger partial charge in [0.1, 0.15) is 31.2 Å². The molecule has 3 rings (SSSR count). The van der Waals surface area contributed by atoms with Gasteiger partial charge in [-0.2, -0.15) is 0 Å². The minimum absolute atomic E-state index is 0. The number of para-hydroxylation sites is 1. The van der Waals surface area contributed by atoms with E-state index in [0.29, 0.717) is 24.5 Å². The van der Waals surface area contributed by atoms with Gasteiger partial charge in [0.25, 0.3) is 5.91 Å². The number of carbonyl (C=O) groups is 2. The first kappa shape index (κ1) is 43.0. The Kier molecular flexibility index (Phi) is 20.1. The standard InChI is InChI=1S/C42H61N2O5.HI/c1-7-9-10-11-12-13-14-15-16-17-18-23-30-48-39-28-27-34(31-37(39)42(3,4)5)33-49-41(46)44(32-35-24-21-22-29-43(35)8-2)40(45)36-25-19-20-26-38(36)47-6;/h19-22,24-29,31H,7-18,23,30,32-33H2,1-6H3;1H/q+1;/p-1. The molecule has 0 spiro atoms. The topological polar surface area (TPSA) is 69.0 Å². The fourth-order valence-corrected chi connectivity index (χ4v) is 6.04. The van der Waals surface area contributed by atoms with Crippen LogP contribution in [0.25, 0.3) is 0 Å². The molecule has 1 aromatic heterocycles. The van der Waals surface area contributed by atoms with Crippen LogP contribution in [0.15, 0.2) is 66.9 Å². The lowest BCUT2D eigenvalue weighted by Crippen LogP contribution is -3.00. The largest absolute Gasteiger partial charge is 1.00 e. The molecule has 0 saturated heterocycles. The average Bonchev–Trinajstić information content (AvgIpc) is 3.11. The van der Waals surface area contributed by atoms with Crippen LogP contribution in [0, 0.1) is 0 Å². The number of aryl methyl sites for hydroxylation is 1. The van der Waals surface area contributed by atoms with E-state index < -0.39 is 12.0 Å². The van der Waals surface area contributed by atoms with Gasteiger partial charge in [-0.15, -0.1) is 0 Å². The quantitative estimate of drug-likeness (QED) is 0.0641. The highest BCUT2D eigenvalue weighted by Gasteiger charge is 2.30. The van der Waals surface area contributed by atoms with Crippen molar-refractivity contribution in [2.45, 2.75) is 137 Å². The normalized spacial score (nSPS) is 11.1. The summed E-state index contributed by atoms with van der Waals surface area (Å²) in [5.41, 5.74) is 2.85. The van der Waals surface area contributed by atoms with Gasteiger partial charge in [-0.1, -0.05) is 123 Å². The smallest absolute Gasteiger partial charge is 0.417 e. The third kappa shape index (κ3) is 14.2. The summed E-state index contributed by atoms with van der Waals surface area (Å²) in [6, 6.07) is 18.6. The molecule has 0 fully saturated rings. The average molecular weight is 801 g/mol. The number of imide groups is 1. The zero-order valence-electron chi connectivity index (χ0n) is 31.5. The van der Waals surface area contributed by atoms with Gasteiger partial charge in [0.15, 0.2) is 6.20 Å². The first-order chi connectivity index (χ1) is 23.7. The number of hydrogen-bond donors (Lipinski definition) is 0. The van der Waals surface area contributed by atoms with Crippen LogP contribution in [0.3, 0.4) is 0 Å². The SMILES string of the molecule is CCCCCCCCCCCCCCOc1ccc(COC(=O)N(Cc2cccc[n+]2CC)C(=O)c2ccccc2OC)cc1C(C)(C)C.[I-]. The molecule has 0 bridgehead atoms. The number of carbonyl (C=O) groups excluding carboxylic acids is 2. The Morgan fingerprint density at radius 2 is 1.38 bits per heavy atom. The Bertz CT molecular complexity index is 1440. The van der Waals surface area contributed by atoms with E-state index in [-0.39, 0.29) is 42.5 Å². The first-order valence-corrected chi connectivity index (χ1v) is 18.5. The highest BCUT2D eigenvalue weighted by molar-refractivity contribution is 6.04. The molecule has 0 aliphatic rings. The van der Waals surface area contributed by atoms with E-state index in [1.165, 1.54) is 77.7 Å². The molecular formula is C42H61IN2O5. The number of ether oxygens (including phenoxy) is 3. The molecule has 2 amide bonds. The monoisotopic (exact) mass is 800 g/mol.